The van der Waals surface area contributed by atoms with Crippen LogP contribution in [0, 0.1) is 0 Å². The van der Waals surface area contributed by atoms with Gasteiger partial charge in [0.05, 0.1) is 13.7 Å². The van der Waals surface area contributed by atoms with Crippen LogP contribution in [0.5, 0.6) is 5.75 Å². The van der Waals surface area contributed by atoms with Crippen LogP contribution in [0.3, 0.4) is 0 Å². The average Bonchev–Trinajstić information content (AvgIpc) is 2.45. The molecule has 1 fully saturated rings. The van der Waals surface area contributed by atoms with Crippen LogP contribution >= 0.6 is 0 Å². The fourth-order valence-corrected chi connectivity index (χ4v) is 1.90. The van der Waals surface area contributed by atoms with Crippen molar-refractivity contribution in [3.63, 3.8) is 0 Å². The normalized spacial score (nSPS) is 15.4. The summed E-state index contributed by atoms with van der Waals surface area (Å²) >= 11 is 0. The van der Waals surface area contributed by atoms with Crippen molar-refractivity contribution in [1.29, 1.82) is 0 Å². The molecular formula is C14H16N2O3. The van der Waals surface area contributed by atoms with Gasteiger partial charge in [-0.25, -0.2) is 0 Å². The Morgan fingerprint density at radius 3 is 2.95 bits per heavy atom. The maximum atomic E-state index is 11.9. The first kappa shape index (κ1) is 13.1. The minimum Gasteiger partial charge on any atom is -0.496 e. The zero-order valence-electron chi connectivity index (χ0n) is 10.8. The van der Waals surface area contributed by atoms with Crippen LogP contribution < -0.4 is 10.1 Å². The Morgan fingerprint density at radius 1 is 1.42 bits per heavy atom. The second-order valence-corrected chi connectivity index (χ2v) is 4.19. The zero-order chi connectivity index (χ0) is 13.7. The molecule has 0 unspecified atom stereocenters. The molecule has 0 aromatic heterocycles. The summed E-state index contributed by atoms with van der Waals surface area (Å²) in [5, 5.41) is 2.68. The number of carbonyl (C=O) groups excluding carboxylic acids is 2. The van der Waals surface area contributed by atoms with Crippen molar-refractivity contribution < 1.29 is 14.3 Å². The van der Waals surface area contributed by atoms with Crippen LogP contribution in [-0.2, 0) is 9.59 Å². The summed E-state index contributed by atoms with van der Waals surface area (Å²) in [5.74, 6) is 0.425. The van der Waals surface area contributed by atoms with E-state index in [0.29, 0.717) is 18.8 Å². The van der Waals surface area contributed by atoms with Gasteiger partial charge in [-0.05, 0) is 12.1 Å². The lowest BCUT2D eigenvalue weighted by atomic mass is 10.2. The Bertz CT molecular complexity index is 511. The number of methoxy groups -OCH3 is 1. The Morgan fingerprint density at radius 2 is 2.21 bits per heavy atom. The highest BCUT2D eigenvalue weighted by Gasteiger charge is 2.18. The third kappa shape index (κ3) is 3.34. The van der Waals surface area contributed by atoms with E-state index in [1.807, 2.05) is 24.3 Å². The molecule has 2 amide bonds. The second-order valence-electron chi connectivity index (χ2n) is 4.19. The Hall–Kier alpha value is -2.30. The number of carbonyl (C=O) groups is 2. The highest BCUT2D eigenvalue weighted by atomic mass is 16.5. The zero-order valence-corrected chi connectivity index (χ0v) is 10.8. The van der Waals surface area contributed by atoms with E-state index in [0.717, 1.165) is 5.56 Å². The second kappa shape index (κ2) is 6.04. The summed E-state index contributed by atoms with van der Waals surface area (Å²) < 4.78 is 5.20. The molecule has 1 saturated heterocycles. The van der Waals surface area contributed by atoms with E-state index in [1.54, 1.807) is 13.2 Å². The first-order valence-corrected chi connectivity index (χ1v) is 6.07. The molecule has 0 radical (unpaired) electrons. The molecule has 0 atom stereocenters. The summed E-state index contributed by atoms with van der Waals surface area (Å²) in [5.41, 5.74) is 0.833. The van der Waals surface area contributed by atoms with Gasteiger partial charge in [0, 0.05) is 24.7 Å². The van der Waals surface area contributed by atoms with Crippen LogP contribution in [-0.4, -0.2) is 43.5 Å². The third-order valence-electron chi connectivity index (χ3n) is 2.89. The van der Waals surface area contributed by atoms with Crippen LogP contribution in [0.4, 0.5) is 0 Å². The number of nitrogens with one attached hydrogen (secondary N) is 1. The predicted molar refractivity (Wildman–Crippen MR) is 71.6 cm³/mol. The molecular weight excluding hydrogens is 244 g/mol. The fourth-order valence-electron chi connectivity index (χ4n) is 1.90. The molecule has 2 rings (SSSR count). The molecule has 100 valence electrons. The highest BCUT2D eigenvalue weighted by molar-refractivity contribution is 5.95. The quantitative estimate of drug-likeness (QED) is 0.812. The minimum absolute atomic E-state index is 0.120. The van der Waals surface area contributed by atoms with E-state index < -0.39 is 0 Å². The van der Waals surface area contributed by atoms with Gasteiger partial charge in [0.15, 0.2) is 0 Å². The van der Waals surface area contributed by atoms with Crippen molar-refractivity contribution in [2.24, 2.45) is 0 Å². The Labute approximate surface area is 111 Å². The standard InChI is InChI=1S/C14H16N2O3/c1-19-12-5-3-2-4-11(12)6-7-14(18)16-9-8-15-13(17)10-16/h2-7H,8-10H2,1H3,(H,15,17). The molecule has 1 aromatic rings. The van der Waals surface area contributed by atoms with Crippen molar-refractivity contribution in [3.8, 4) is 5.75 Å². The van der Waals surface area contributed by atoms with Crippen LogP contribution in [0.25, 0.3) is 6.08 Å². The lowest BCUT2D eigenvalue weighted by Gasteiger charge is -2.25. The summed E-state index contributed by atoms with van der Waals surface area (Å²) in [7, 11) is 1.59. The SMILES string of the molecule is COc1ccccc1C=CC(=O)N1CCNC(=O)C1. The Balaban J connectivity index is 2.05. The van der Waals surface area contributed by atoms with E-state index in [1.165, 1.54) is 11.0 Å². The van der Waals surface area contributed by atoms with Crippen molar-refractivity contribution >= 4 is 17.9 Å². The van der Waals surface area contributed by atoms with Gasteiger partial charge in [0.1, 0.15) is 5.75 Å². The number of piperazine rings is 1. The van der Waals surface area contributed by atoms with Gasteiger partial charge in [0.2, 0.25) is 11.8 Å². The highest BCUT2D eigenvalue weighted by Crippen LogP contribution is 2.18. The van der Waals surface area contributed by atoms with Crippen LogP contribution in [0.15, 0.2) is 30.3 Å². The number of nitrogens with zero attached hydrogens (tertiary/aromatic N) is 1. The van der Waals surface area contributed by atoms with Gasteiger partial charge in [-0.15, -0.1) is 0 Å². The first-order valence-electron chi connectivity index (χ1n) is 6.07. The van der Waals surface area contributed by atoms with Gasteiger partial charge in [-0.3, -0.25) is 9.59 Å². The smallest absolute Gasteiger partial charge is 0.247 e. The van der Waals surface area contributed by atoms with Crippen molar-refractivity contribution in [3.05, 3.63) is 35.9 Å². The van der Waals surface area contributed by atoms with Gasteiger partial charge >= 0.3 is 0 Å². The van der Waals surface area contributed by atoms with Crippen molar-refractivity contribution in [2.75, 3.05) is 26.7 Å². The van der Waals surface area contributed by atoms with Gasteiger partial charge in [-0.1, -0.05) is 18.2 Å². The summed E-state index contributed by atoms with van der Waals surface area (Å²) in [6.07, 6.45) is 3.17. The lowest BCUT2D eigenvalue weighted by molar-refractivity contribution is -0.134. The number of amides is 2. The van der Waals surface area contributed by atoms with E-state index in [4.69, 9.17) is 4.74 Å². The topological polar surface area (TPSA) is 58.6 Å². The number of rotatable bonds is 3. The molecule has 5 heteroatoms. The summed E-state index contributed by atoms with van der Waals surface area (Å²) in [4.78, 5) is 24.7. The molecule has 1 aliphatic heterocycles. The maximum absolute atomic E-state index is 11.9. The van der Waals surface area contributed by atoms with Gasteiger partial charge in [0.25, 0.3) is 0 Å². The number of para-hydroxylation sites is 1. The van der Waals surface area contributed by atoms with Crippen molar-refractivity contribution in [2.45, 2.75) is 0 Å². The molecule has 1 N–H and O–H groups in total. The van der Waals surface area contributed by atoms with Gasteiger partial charge in [-0.2, -0.15) is 0 Å². The van der Waals surface area contributed by atoms with Crippen LogP contribution in [0.2, 0.25) is 0 Å². The lowest BCUT2D eigenvalue weighted by Crippen LogP contribution is -2.49. The average molecular weight is 260 g/mol. The third-order valence-corrected chi connectivity index (χ3v) is 2.89. The van der Waals surface area contributed by atoms with Crippen LogP contribution in [0.1, 0.15) is 5.56 Å². The largest absolute Gasteiger partial charge is 0.496 e. The monoisotopic (exact) mass is 260 g/mol. The van der Waals surface area contributed by atoms with E-state index >= 15 is 0 Å². The number of hydrogen-bond acceptors (Lipinski definition) is 3. The molecule has 0 spiro atoms. The molecule has 0 bridgehead atoms. The van der Waals surface area contributed by atoms with E-state index in [9.17, 15) is 9.59 Å². The fraction of sp³-hybridized carbons (Fsp3) is 0.286. The van der Waals surface area contributed by atoms with E-state index in [2.05, 4.69) is 5.32 Å². The van der Waals surface area contributed by atoms with Crippen molar-refractivity contribution in [1.82, 2.24) is 10.2 Å². The number of ether oxygens (including phenoxy) is 1. The summed E-state index contributed by atoms with van der Waals surface area (Å²) in [6, 6.07) is 7.44. The number of hydrogen-bond donors (Lipinski definition) is 1. The summed E-state index contributed by atoms with van der Waals surface area (Å²) in [6.45, 7) is 1.17. The molecule has 0 aliphatic carbocycles. The molecule has 5 nitrogen and oxygen atoms in total. The molecule has 1 aromatic carbocycles. The number of benzene rings is 1. The molecule has 0 saturated carbocycles. The molecule has 1 heterocycles. The molecule has 19 heavy (non-hydrogen) atoms. The first-order chi connectivity index (χ1) is 9.20. The predicted octanol–water partition coefficient (Wildman–Crippen LogP) is 0.667. The minimum atomic E-state index is -0.166. The Kier molecular flexibility index (Phi) is 4.18. The maximum Gasteiger partial charge on any atom is 0.247 e. The van der Waals surface area contributed by atoms with E-state index in [-0.39, 0.29) is 18.4 Å². The molecule has 1 aliphatic rings. The van der Waals surface area contributed by atoms with Gasteiger partial charge < -0.3 is 15.0 Å².